The molecule has 1 aromatic heterocycles. The van der Waals surface area contributed by atoms with Crippen molar-refractivity contribution >= 4 is 10.8 Å². The van der Waals surface area contributed by atoms with Gasteiger partial charge in [-0.1, -0.05) is 42.5 Å². The number of likely N-dealkylation sites (tertiary alicyclic amines) is 1. The van der Waals surface area contributed by atoms with Crippen LogP contribution in [-0.2, 0) is 6.54 Å². The second-order valence-corrected chi connectivity index (χ2v) is 7.31. The maximum Gasteiger partial charge on any atom is 0.159 e. The molecule has 1 atom stereocenters. The van der Waals surface area contributed by atoms with Gasteiger partial charge in [-0.25, -0.2) is 9.97 Å². The molecule has 2 N–H and O–H groups in total. The van der Waals surface area contributed by atoms with E-state index in [9.17, 15) is 5.11 Å². The van der Waals surface area contributed by atoms with Gasteiger partial charge in [-0.3, -0.25) is 4.90 Å². The van der Waals surface area contributed by atoms with E-state index in [1.165, 1.54) is 5.39 Å². The first-order chi connectivity index (χ1) is 13.2. The Morgan fingerprint density at radius 3 is 2.44 bits per heavy atom. The Morgan fingerprint density at radius 1 is 1.00 bits per heavy atom. The number of aliphatic hydroxyl groups is 2. The molecule has 2 aromatic carbocycles. The monoisotopic (exact) mass is 363 g/mol. The van der Waals surface area contributed by atoms with E-state index in [0.29, 0.717) is 0 Å². The Balaban J connectivity index is 1.44. The van der Waals surface area contributed by atoms with Gasteiger partial charge < -0.3 is 10.2 Å². The second-order valence-electron chi connectivity index (χ2n) is 7.31. The molecule has 3 aromatic rings. The van der Waals surface area contributed by atoms with Gasteiger partial charge >= 0.3 is 0 Å². The van der Waals surface area contributed by atoms with Crippen LogP contribution in [0.3, 0.4) is 0 Å². The molecule has 1 aliphatic rings. The fourth-order valence-electron chi connectivity index (χ4n) is 3.90. The normalized spacial score (nSPS) is 17.3. The Bertz CT molecular complexity index is 884. The summed E-state index contributed by atoms with van der Waals surface area (Å²) in [7, 11) is 0. The first-order valence-electron chi connectivity index (χ1n) is 9.55. The lowest BCUT2D eigenvalue weighted by Crippen LogP contribution is -2.38. The third kappa shape index (κ3) is 4.00. The predicted molar refractivity (Wildman–Crippen MR) is 106 cm³/mol. The summed E-state index contributed by atoms with van der Waals surface area (Å²) in [5.41, 5.74) is 2.15. The molecule has 5 nitrogen and oxygen atoms in total. The molecule has 5 heteroatoms. The number of aliphatic hydroxyl groups excluding tert-OH is 2. The van der Waals surface area contributed by atoms with Crippen molar-refractivity contribution in [2.75, 3.05) is 19.7 Å². The highest BCUT2D eigenvalue weighted by atomic mass is 16.3. The number of hydrogen-bond donors (Lipinski definition) is 2. The van der Waals surface area contributed by atoms with E-state index < -0.39 is 6.10 Å². The zero-order valence-corrected chi connectivity index (χ0v) is 15.3. The van der Waals surface area contributed by atoms with Gasteiger partial charge in [0.2, 0.25) is 0 Å². The summed E-state index contributed by atoms with van der Waals surface area (Å²) in [6.07, 6.45) is 5.07. The van der Waals surface area contributed by atoms with Crippen molar-refractivity contribution in [3.63, 3.8) is 0 Å². The lowest BCUT2D eigenvalue weighted by molar-refractivity contribution is 0.0171. The van der Waals surface area contributed by atoms with Gasteiger partial charge in [-0.05, 0) is 42.6 Å². The highest BCUT2D eigenvalue weighted by Gasteiger charge is 2.24. The van der Waals surface area contributed by atoms with Crippen LogP contribution >= 0.6 is 0 Å². The van der Waals surface area contributed by atoms with Crippen LogP contribution < -0.4 is 0 Å². The Labute approximate surface area is 159 Å². The van der Waals surface area contributed by atoms with Crippen LogP contribution in [0.1, 0.15) is 18.4 Å². The molecule has 0 bridgehead atoms. The fraction of sp³-hybridized carbons (Fsp3) is 0.364. The summed E-state index contributed by atoms with van der Waals surface area (Å²) in [4.78, 5) is 11.6. The van der Waals surface area contributed by atoms with Crippen LogP contribution in [0.2, 0.25) is 0 Å². The van der Waals surface area contributed by atoms with Gasteiger partial charge in [-0.2, -0.15) is 0 Å². The van der Waals surface area contributed by atoms with E-state index in [0.717, 1.165) is 54.8 Å². The minimum absolute atomic E-state index is 0.145. The summed E-state index contributed by atoms with van der Waals surface area (Å²) in [5, 5.41) is 21.2. The molecule has 1 aliphatic heterocycles. The lowest BCUT2D eigenvalue weighted by atomic mass is 9.91. The van der Waals surface area contributed by atoms with E-state index in [1.54, 1.807) is 0 Å². The largest absolute Gasteiger partial charge is 0.394 e. The Morgan fingerprint density at radius 2 is 1.70 bits per heavy atom. The van der Waals surface area contributed by atoms with Gasteiger partial charge in [0.1, 0.15) is 0 Å². The predicted octanol–water partition coefficient (Wildman–Crippen LogP) is 2.86. The van der Waals surface area contributed by atoms with Crippen LogP contribution in [-0.4, -0.2) is 50.9 Å². The quantitative estimate of drug-likeness (QED) is 0.729. The standard InChI is InChI=1S/C22H25N3O2/c26-15-21(27)18-8-10-25(11-9-18)14-16-12-23-22(24-13-16)20-7-3-5-17-4-1-2-6-19(17)20/h1-7,12-13,18,21,26-27H,8-11,14-15H2. The molecule has 4 rings (SSSR count). The number of nitrogens with zero attached hydrogens (tertiary/aromatic N) is 3. The number of hydrogen-bond acceptors (Lipinski definition) is 5. The van der Waals surface area contributed by atoms with E-state index in [4.69, 9.17) is 5.11 Å². The first kappa shape index (κ1) is 18.0. The molecule has 140 valence electrons. The lowest BCUT2D eigenvalue weighted by Gasteiger charge is -2.33. The zero-order valence-electron chi connectivity index (χ0n) is 15.3. The summed E-state index contributed by atoms with van der Waals surface area (Å²) >= 11 is 0. The first-order valence-corrected chi connectivity index (χ1v) is 9.55. The molecular weight excluding hydrogens is 338 g/mol. The van der Waals surface area contributed by atoms with Crippen LogP contribution in [0.5, 0.6) is 0 Å². The molecule has 0 saturated carbocycles. The van der Waals surface area contributed by atoms with Crippen molar-refractivity contribution in [1.29, 1.82) is 0 Å². The number of aromatic nitrogens is 2. The molecule has 1 unspecified atom stereocenters. The Hall–Kier alpha value is -2.34. The van der Waals surface area contributed by atoms with Gasteiger partial charge in [-0.15, -0.1) is 0 Å². The summed E-state index contributed by atoms with van der Waals surface area (Å²) in [6, 6.07) is 14.5. The number of rotatable bonds is 5. The molecular formula is C22H25N3O2. The summed E-state index contributed by atoms with van der Waals surface area (Å²) in [6.45, 7) is 2.52. The summed E-state index contributed by atoms with van der Waals surface area (Å²) in [5.74, 6) is 0.955. The van der Waals surface area contributed by atoms with Crippen molar-refractivity contribution in [3.8, 4) is 11.4 Å². The average Bonchev–Trinajstić information content (AvgIpc) is 2.74. The summed E-state index contributed by atoms with van der Waals surface area (Å²) < 4.78 is 0. The topological polar surface area (TPSA) is 69.5 Å². The third-order valence-electron chi connectivity index (χ3n) is 5.51. The molecule has 27 heavy (non-hydrogen) atoms. The molecule has 0 amide bonds. The Kier molecular flexibility index (Phi) is 5.43. The highest BCUT2D eigenvalue weighted by molar-refractivity contribution is 5.94. The molecule has 2 heterocycles. The minimum Gasteiger partial charge on any atom is -0.394 e. The molecule has 0 radical (unpaired) electrons. The van der Waals surface area contributed by atoms with Crippen LogP contribution in [0, 0.1) is 5.92 Å². The van der Waals surface area contributed by atoms with E-state index in [2.05, 4.69) is 39.1 Å². The number of benzene rings is 2. The van der Waals surface area contributed by atoms with Crippen molar-refractivity contribution in [2.24, 2.45) is 5.92 Å². The fourth-order valence-corrected chi connectivity index (χ4v) is 3.90. The van der Waals surface area contributed by atoms with E-state index in [-0.39, 0.29) is 12.5 Å². The maximum atomic E-state index is 9.78. The zero-order chi connectivity index (χ0) is 18.6. The van der Waals surface area contributed by atoms with E-state index >= 15 is 0 Å². The second kappa shape index (κ2) is 8.13. The molecule has 1 saturated heterocycles. The molecule has 0 aliphatic carbocycles. The van der Waals surface area contributed by atoms with Crippen LogP contribution in [0.25, 0.3) is 22.2 Å². The smallest absolute Gasteiger partial charge is 0.159 e. The van der Waals surface area contributed by atoms with Gasteiger partial charge in [0.15, 0.2) is 5.82 Å². The van der Waals surface area contributed by atoms with Gasteiger partial charge in [0.25, 0.3) is 0 Å². The van der Waals surface area contributed by atoms with Gasteiger partial charge in [0, 0.05) is 30.1 Å². The minimum atomic E-state index is -0.588. The van der Waals surface area contributed by atoms with Crippen molar-refractivity contribution in [2.45, 2.75) is 25.5 Å². The van der Waals surface area contributed by atoms with Gasteiger partial charge in [0.05, 0.1) is 12.7 Å². The average molecular weight is 363 g/mol. The molecule has 1 fully saturated rings. The van der Waals surface area contributed by atoms with Crippen LogP contribution in [0.4, 0.5) is 0 Å². The van der Waals surface area contributed by atoms with Crippen LogP contribution in [0.15, 0.2) is 54.9 Å². The highest BCUT2D eigenvalue weighted by Crippen LogP contribution is 2.26. The maximum absolute atomic E-state index is 9.78. The molecule has 0 spiro atoms. The SMILES string of the molecule is OCC(O)C1CCN(Cc2cnc(-c3cccc4ccccc34)nc2)CC1. The van der Waals surface area contributed by atoms with Crippen molar-refractivity contribution in [3.05, 3.63) is 60.4 Å². The van der Waals surface area contributed by atoms with Crippen molar-refractivity contribution < 1.29 is 10.2 Å². The third-order valence-corrected chi connectivity index (χ3v) is 5.51. The van der Waals surface area contributed by atoms with Crippen molar-refractivity contribution in [1.82, 2.24) is 14.9 Å². The van der Waals surface area contributed by atoms with E-state index in [1.807, 2.05) is 30.6 Å². The number of fused-ring (bicyclic) bond motifs is 1. The number of piperidine rings is 1.